The first kappa shape index (κ1) is 15.2. The van der Waals surface area contributed by atoms with E-state index in [2.05, 4.69) is 9.97 Å². The van der Waals surface area contributed by atoms with Gasteiger partial charge in [-0.2, -0.15) is 0 Å². The molecule has 2 saturated heterocycles. The second-order valence-electron chi connectivity index (χ2n) is 5.83. The summed E-state index contributed by atoms with van der Waals surface area (Å²) in [5, 5.41) is 10.2. The van der Waals surface area contributed by atoms with Crippen LogP contribution < -0.4 is 4.90 Å². The number of carbonyl (C=O) groups is 1. The summed E-state index contributed by atoms with van der Waals surface area (Å²) in [5.74, 6) is 0.911. The largest absolute Gasteiger partial charge is 0.389 e. The van der Waals surface area contributed by atoms with Gasteiger partial charge in [-0.1, -0.05) is 0 Å². The molecule has 1 N–H and O–H groups in total. The van der Waals surface area contributed by atoms with Gasteiger partial charge in [0.05, 0.1) is 12.3 Å². The monoisotopic (exact) mass is 306 g/mol. The molecule has 2 fully saturated rings. The van der Waals surface area contributed by atoms with Crippen LogP contribution in [0.4, 0.5) is 5.82 Å². The SMILES string of the molecule is O=C(C1CCOCC1)N1CCN(c2cnccn2)C[C@H](O)C1. The Kier molecular flexibility index (Phi) is 4.84. The highest BCUT2D eigenvalue weighted by atomic mass is 16.5. The molecular weight excluding hydrogens is 284 g/mol. The maximum Gasteiger partial charge on any atom is 0.226 e. The normalized spacial score (nSPS) is 24.1. The van der Waals surface area contributed by atoms with E-state index in [4.69, 9.17) is 4.74 Å². The quantitative estimate of drug-likeness (QED) is 0.823. The average Bonchev–Trinajstić information content (AvgIpc) is 2.77. The van der Waals surface area contributed by atoms with E-state index in [0.29, 0.717) is 39.4 Å². The molecule has 7 nitrogen and oxygen atoms in total. The van der Waals surface area contributed by atoms with E-state index in [1.807, 2.05) is 4.90 Å². The number of anilines is 1. The third kappa shape index (κ3) is 3.53. The first-order valence-electron chi connectivity index (χ1n) is 7.79. The van der Waals surface area contributed by atoms with Crippen molar-refractivity contribution in [1.29, 1.82) is 0 Å². The zero-order chi connectivity index (χ0) is 15.4. The van der Waals surface area contributed by atoms with Crippen molar-refractivity contribution in [3.63, 3.8) is 0 Å². The van der Waals surface area contributed by atoms with Crippen molar-refractivity contribution in [2.75, 3.05) is 44.3 Å². The molecule has 2 aliphatic heterocycles. The lowest BCUT2D eigenvalue weighted by Gasteiger charge is -2.29. The molecule has 0 radical (unpaired) electrons. The molecule has 0 spiro atoms. The smallest absolute Gasteiger partial charge is 0.226 e. The lowest BCUT2D eigenvalue weighted by Crippen LogP contribution is -2.42. The number of aliphatic hydroxyl groups excluding tert-OH is 1. The third-order valence-corrected chi connectivity index (χ3v) is 4.26. The van der Waals surface area contributed by atoms with Crippen LogP contribution in [-0.4, -0.2) is 71.4 Å². The van der Waals surface area contributed by atoms with Crippen LogP contribution in [0.5, 0.6) is 0 Å². The zero-order valence-corrected chi connectivity index (χ0v) is 12.6. The number of amides is 1. The summed E-state index contributed by atoms with van der Waals surface area (Å²) < 4.78 is 5.31. The Morgan fingerprint density at radius 3 is 2.77 bits per heavy atom. The molecule has 1 amide bonds. The molecule has 2 aliphatic rings. The van der Waals surface area contributed by atoms with E-state index >= 15 is 0 Å². The minimum Gasteiger partial charge on any atom is -0.389 e. The van der Waals surface area contributed by atoms with Gasteiger partial charge in [0.15, 0.2) is 0 Å². The lowest BCUT2D eigenvalue weighted by molar-refractivity contribution is -0.139. The highest BCUT2D eigenvalue weighted by molar-refractivity contribution is 5.79. The van der Waals surface area contributed by atoms with E-state index in [0.717, 1.165) is 18.7 Å². The number of aromatic nitrogens is 2. The number of hydrogen-bond donors (Lipinski definition) is 1. The fraction of sp³-hybridized carbons (Fsp3) is 0.667. The molecule has 1 atom stereocenters. The molecule has 1 aromatic rings. The van der Waals surface area contributed by atoms with Crippen molar-refractivity contribution >= 4 is 11.7 Å². The Hall–Kier alpha value is -1.73. The summed E-state index contributed by atoms with van der Waals surface area (Å²) in [6, 6.07) is 0. The number of carbonyl (C=O) groups excluding carboxylic acids is 1. The molecule has 3 heterocycles. The fourth-order valence-corrected chi connectivity index (χ4v) is 3.06. The highest BCUT2D eigenvalue weighted by Gasteiger charge is 2.30. The van der Waals surface area contributed by atoms with E-state index in [-0.39, 0.29) is 11.8 Å². The summed E-state index contributed by atoms with van der Waals surface area (Å²) in [7, 11) is 0. The topological polar surface area (TPSA) is 78.8 Å². The lowest BCUT2D eigenvalue weighted by atomic mass is 9.98. The Morgan fingerprint density at radius 2 is 2.05 bits per heavy atom. The summed E-state index contributed by atoms with van der Waals surface area (Å²) >= 11 is 0. The van der Waals surface area contributed by atoms with Crippen molar-refractivity contribution in [2.24, 2.45) is 5.92 Å². The van der Waals surface area contributed by atoms with E-state index in [1.54, 1.807) is 23.5 Å². The minimum atomic E-state index is -0.576. The van der Waals surface area contributed by atoms with Gasteiger partial charge in [-0.25, -0.2) is 4.98 Å². The summed E-state index contributed by atoms with van der Waals surface area (Å²) in [6.45, 7) is 3.41. The van der Waals surface area contributed by atoms with Crippen molar-refractivity contribution in [2.45, 2.75) is 18.9 Å². The molecule has 3 rings (SSSR count). The molecule has 0 aliphatic carbocycles. The first-order chi connectivity index (χ1) is 10.7. The molecule has 0 bridgehead atoms. The van der Waals surface area contributed by atoms with E-state index in [9.17, 15) is 9.90 Å². The van der Waals surface area contributed by atoms with Crippen LogP contribution in [0, 0.1) is 5.92 Å². The highest BCUT2D eigenvalue weighted by Crippen LogP contribution is 2.20. The van der Waals surface area contributed by atoms with Crippen molar-refractivity contribution < 1.29 is 14.6 Å². The number of rotatable bonds is 2. The van der Waals surface area contributed by atoms with Crippen molar-refractivity contribution in [3.05, 3.63) is 18.6 Å². The molecule has 120 valence electrons. The van der Waals surface area contributed by atoms with Crippen LogP contribution in [0.1, 0.15) is 12.8 Å². The van der Waals surface area contributed by atoms with Gasteiger partial charge in [0.1, 0.15) is 5.82 Å². The van der Waals surface area contributed by atoms with E-state index < -0.39 is 6.10 Å². The molecule has 0 saturated carbocycles. The summed E-state index contributed by atoms with van der Waals surface area (Å²) in [5.41, 5.74) is 0. The predicted molar refractivity (Wildman–Crippen MR) is 80.4 cm³/mol. The van der Waals surface area contributed by atoms with Gasteiger partial charge < -0.3 is 19.6 Å². The standard InChI is InChI=1S/C15H22N4O3/c20-13-10-18(14-9-16-3-4-17-14)5-6-19(11-13)15(21)12-1-7-22-8-2-12/h3-4,9,12-13,20H,1-2,5-8,10-11H2/t13-/m0/s1. The third-order valence-electron chi connectivity index (χ3n) is 4.26. The Labute approximate surface area is 129 Å². The Bertz CT molecular complexity index is 493. The number of β-amino-alcohol motifs (C(OH)–C–C–N with tert-alkyl or cyclic N) is 1. The van der Waals surface area contributed by atoms with Gasteiger partial charge in [0, 0.05) is 57.7 Å². The first-order valence-corrected chi connectivity index (χ1v) is 7.79. The van der Waals surface area contributed by atoms with Crippen LogP contribution in [0.3, 0.4) is 0 Å². The van der Waals surface area contributed by atoms with Gasteiger partial charge in [-0.3, -0.25) is 9.78 Å². The Balaban J connectivity index is 1.65. The summed E-state index contributed by atoms with van der Waals surface area (Å²) in [6.07, 6.45) is 5.92. The van der Waals surface area contributed by atoms with Crippen molar-refractivity contribution in [3.8, 4) is 0 Å². The van der Waals surface area contributed by atoms with Crippen LogP contribution in [0.25, 0.3) is 0 Å². The zero-order valence-electron chi connectivity index (χ0n) is 12.6. The number of hydrogen-bond acceptors (Lipinski definition) is 6. The molecule has 7 heteroatoms. The summed E-state index contributed by atoms with van der Waals surface area (Å²) in [4.78, 5) is 24.7. The van der Waals surface area contributed by atoms with Crippen LogP contribution in [0.15, 0.2) is 18.6 Å². The van der Waals surface area contributed by atoms with Crippen LogP contribution in [-0.2, 0) is 9.53 Å². The number of nitrogens with zero attached hydrogens (tertiary/aromatic N) is 4. The van der Waals surface area contributed by atoms with Gasteiger partial charge in [-0.15, -0.1) is 0 Å². The predicted octanol–water partition coefficient (Wildman–Crippen LogP) is -0.0873. The maximum atomic E-state index is 12.6. The molecular formula is C15H22N4O3. The van der Waals surface area contributed by atoms with Crippen LogP contribution >= 0.6 is 0 Å². The molecule has 0 aromatic carbocycles. The maximum absolute atomic E-state index is 12.6. The van der Waals surface area contributed by atoms with Gasteiger partial charge in [0.25, 0.3) is 0 Å². The second kappa shape index (κ2) is 7.02. The number of ether oxygens (including phenoxy) is 1. The molecule has 0 unspecified atom stereocenters. The average molecular weight is 306 g/mol. The van der Waals surface area contributed by atoms with Gasteiger partial charge >= 0.3 is 0 Å². The molecule has 1 aromatic heterocycles. The minimum absolute atomic E-state index is 0.0315. The second-order valence-corrected chi connectivity index (χ2v) is 5.83. The fourth-order valence-electron chi connectivity index (χ4n) is 3.06. The van der Waals surface area contributed by atoms with E-state index in [1.165, 1.54) is 0 Å². The van der Waals surface area contributed by atoms with Crippen molar-refractivity contribution in [1.82, 2.24) is 14.9 Å². The van der Waals surface area contributed by atoms with Gasteiger partial charge in [0.2, 0.25) is 5.91 Å². The number of aliphatic hydroxyl groups is 1. The van der Waals surface area contributed by atoms with Gasteiger partial charge in [-0.05, 0) is 12.8 Å². The Morgan fingerprint density at radius 1 is 1.23 bits per heavy atom. The molecule has 22 heavy (non-hydrogen) atoms. The van der Waals surface area contributed by atoms with Crippen LogP contribution in [0.2, 0.25) is 0 Å².